The van der Waals surface area contributed by atoms with Crippen molar-refractivity contribution < 1.29 is 14.2 Å². The SMILES string of the molecule is CCC(C)N(CCc1nc(-c2ccc([N+](=O)[O-])cc2)no1)C(=O)c1ccc(C)cc1. The molecule has 0 aliphatic heterocycles. The molecule has 0 fully saturated rings. The van der Waals surface area contributed by atoms with Crippen molar-refractivity contribution in [1.29, 1.82) is 0 Å². The van der Waals surface area contributed by atoms with Gasteiger partial charge >= 0.3 is 0 Å². The highest BCUT2D eigenvalue weighted by Crippen LogP contribution is 2.20. The van der Waals surface area contributed by atoms with E-state index in [-0.39, 0.29) is 17.6 Å². The Morgan fingerprint density at radius 1 is 1.17 bits per heavy atom. The van der Waals surface area contributed by atoms with Crippen molar-refractivity contribution >= 4 is 11.6 Å². The van der Waals surface area contributed by atoms with Gasteiger partial charge in [-0.25, -0.2) is 0 Å². The molecule has 0 aliphatic rings. The van der Waals surface area contributed by atoms with Crippen LogP contribution in [0.4, 0.5) is 5.69 Å². The maximum atomic E-state index is 13.0. The third-order valence-corrected chi connectivity index (χ3v) is 5.05. The molecule has 1 amide bonds. The van der Waals surface area contributed by atoms with E-state index in [1.165, 1.54) is 12.1 Å². The molecule has 3 rings (SSSR count). The minimum Gasteiger partial charge on any atom is -0.339 e. The Morgan fingerprint density at radius 2 is 1.83 bits per heavy atom. The molecule has 8 heteroatoms. The zero-order valence-corrected chi connectivity index (χ0v) is 17.2. The Bertz CT molecular complexity index is 1010. The number of amides is 1. The highest BCUT2D eigenvalue weighted by Gasteiger charge is 2.21. The van der Waals surface area contributed by atoms with Crippen LogP contribution in [0.25, 0.3) is 11.4 Å². The molecule has 0 radical (unpaired) electrons. The summed E-state index contributed by atoms with van der Waals surface area (Å²) >= 11 is 0. The number of nitro benzene ring substituents is 1. The molecule has 0 saturated heterocycles. The van der Waals surface area contributed by atoms with E-state index in [4.69, 9.17) is 4.52 Å². The summed E-state index contributed by atoms with van der Waals surface area (Å²) in [5.74, 6) is 0.743. The predicted octanol–water partition coefficient (Wildman–Crippen LogP) is 4.44. The lowest BCUT2D eigenvalue weighted by atomic mass is 10.1. The van der Waals surface area contributed by atoms with E-state index in [2.05, 4.69) is 10.1 Å². The lowest BCUT2D eigenvalue weighted by molar-refractivity contribution is -0.384. The number of carbonyl (C=O) groups excluding carboxylic acids is 1. The number of aryl methyl sites for hydroxylation is 1. The van der Waals surface area contributed by atoms with Gasteiger partial charge in [0.2, 0.25) is 11.7 Å². The monoisotopic (exact) mass is 408 g/mol. The Kier molecular flexibility index (Phi) is 6.56. The van der Waals surface area contributed by atoms with Gasteiger partial charge in [-0.2, -0.15) is 4.98 Å². The first kappa shape index (κ1) is 21.2. The number of benzene rings is 2. The van der Waals surface area contributed by atoms with Crippen molar-refractivity contribution in [3.8, 4) is 11.4 Å². The van der Waals surface area contributed by atoms with Gasteiger partial charge in [-0.15, -0.1) is 0 Å². The van der Waals surface area contributed by atoms with E-state index < -0.39 is 4.92 Å². The number of hydrogen-bond donors (Lipinski definition) is 0. The van der Waals surface area contributed by atoms with Crippen LogP contribution in [0.3, 0.4) is 0 Å². The van der Waals surface area contributed by atoms with Gasteiger partial charge in [-0.05, 0) is 44.5 Å². The van der Waals surface area contributed by atoms with Crippen LogP contribution < -0.4 is 0 Å². The van der Waals surface area contributed by atoms with Crippen molar-refractivity contribution in [2.24, 2.45) is 0 Å². The molecule has 1 heterocycles. The van der Waals surface area contributed by atoms with Gasteiger partial charge in [-0.3, -0.25) is 14.9 Å². The molecule has 156 valence electrons. The molecule has 1 atom stereocenters. The summed E-state index contributed by atoms with van der Waals surface area (Å²) in [6.45, 7) is 6.49. The normalized spacial score (nSPS) is 11.8. The lowest BCUT2D eigenvalue weighted by Gasteiger charge is -2.28. The number of rotatable bonds is 8. The summed E-state index contributed by atoms with van der Waals surface area (Å²) < 4.78 is 5.33. The van der Waals surface area contributed by atoms with Crippen molar-refractivity contribution in [1.82, 2.24) is 15.0 Å². The van der Waals surface area contributed by atoms with E-state index in [1.54, 1.807) is 12.1 Å². The standard InChI is InChI=1S/C22H24N4O4/c1-4-16(3)25(22(27)18-7-5-15(2)6-8-18)14-13-20-23-21(24-30-20)17-9-11-19(12-10-17)26(28)29/h5-12,16H,4,13-14H2,1-3H3. The second-order valence-electron chi connectivity index (χ2n) is 7.19. The van der Waals surface area contributed by atoms with Gasteiger partial charge in [0.1, 0.15) is 0 Å². The number of carbonyl (C=O) groups is 1. The summed E-state index contributed by atoms with van der Waals surface area (Å²) in [7, 11) is 0. The smallest absolute Gasteiger partial charge is 0.269 e. The first-order chi connectivity index (χ1) is 14.4. The fourth-order valence-electron chi connectivity index (χ4n) is 3.03. The molecular formula is C22H24N4O4. The Morgan fingerprint density at radius 3 is 2.43 bits per heavy atom. The molecule has 0 saturated carbocycles. The molecular weight excluding hydrogens is 384 g/mol. The largest absolute Gasteiger partial charge is 0.339 e. The van der Waals surface area contributed by atoms with Gasteiger partial charge in [0, 0.05) is 42.3 Å². The van der Waals surface area contributed by atoms with Gasteiger partial charge in [0.15, 0.2) is 0 Å². The first-order valence-electron chi connectivity index (χ1n) is 9.84. The van der Waals surface area contributed by atoms with Gasteiger partial charge in [0.05, 0.1) is 4.92 Å². The maximum Gasteiger partial charge on any atom is 0.269 e. The zero-order valence-electron chi connectivity index (χ0n) is 17.2. The maximum absolute atomic E-state index is 13.0. The number of aromatic nitrogens is 2. The summed E-state index contributed by atoms with van der Waals surface area (Å²) in [6, 6.07) is 13.6. The molecule has 0 N–H and O–H groups in total. The van der Waals surface area contributed by atoms with Crippen LogP contribution in [-0.2, 0) is 6.42 Å². The molecule has 3 aromatic rings. The third-order valence-electron chi connectivity index (χ3n) is 5.05. The second-order valence-corrected chi connectivity index (χ2v) is 7.19. The van der Waals surface area contributed by atoms with Crippen LogP contribution in [0.5, 0.6) is 0 Å². The molecule has 8 nitrogen and oxygen atoms in total. The van der Waals surface area contributed by atoms with Crippen molar-refractivity contribution in [2.75, 3.05) is 6.54 Å². The quantitative estimate of drug-likeness (QED) is 0.403. The zero-order chi connectivity index (χ0) is 21.7. The number of hydrogen-bond acceptors (Lipinski definition) is 6. The third kappa shape index (κ3) is 4.89. The van der Waals surface area contributed by atoms with Gasteiger partial charge < -0.3 is 9.42 Å². The first-order valence-corrected chi connectivity index (χ1v) is 9.84. The molecule has 1 unspecified atom stereocenters. The van der Waals surface area contributed by atoms with Crippen LogP contribution in [0.1, 0.15) is 42.1 Å². The summed E-state index contributed by atoms with van der Waals surface area (Å²) in [5.41, 5.74) is 2.38. The Labute approximate surface area is 174 Å². The Hall–Kier alpha value is -3.55. The number of non-ortho nitro benzene ring substituents is 1. The van der Waals surface area contributed by atoms with E-state index in [9.17, 15) is 14.9 Å². The van der Waals surface area contributed by atoms with Crippen molar-refractivity contribution in [2.45, 2.75) is 39.7 Å². The summed E-state index contributed by atoms with van der Waals surface area (Å²) in [6.07, 6.45) is 1.25. The van der Waals surface area contributed by atoms with Crippen LogP contribution in [0.2, 0.25) is 0 Å². The summed E-state index contributed by atoms with van der Waals surface area (Å²) in [4.78, 5) is 29.5. The molecule has 0 aliphatic carbocycles. The van der Waals surface area contributed by atoms with Gasteiger partial charge in [0.25, 0.3) is 11.6 Å². The number of nitrogens with zero attached hydrogens (tertiary/aromatic N) is 4. The minimum atomic E-state index is -0.458. The molecule has 30 heavy (non-hydrogen) atoms. The van der Waals surface area contributed by atoms with E-state index in [1.807, 2.05) is 49.9 Å². The van der Waals surface area contributed by atoms with Crippen molar-refractivity contribution in [3.05, 3.63) is 75.7 Å². The molecule has 0 bridgehead atoms. The molecule has 1 aromatic heterocycles. The average Bonchev–Trinajstić information content (AvgIpc) is 3.23. The summed E-state index contributed by atoms with van der Waals surface area (Å²) in [5, 5.41) is 14.7. The highest BCUT2D eigenvalue weighted by molar-refractivity contribution is 5.94. The van der Waals surface area contributed by atoms with Crippen LogP contribution in [0, 0.1) is 17.0 Å². The van der Waals surface area contributed by atoms with Crippen LogP contribution >= 0.6 is 0 Å². The van der Waals surface area contributed by atoms with Crippen molar-refractivity contribution in [3.63, 3.8) is 0 Å². The number of nitro groups is 1. The topological polar surface area (TPSA) is 102 Å². The van der Waals surface area contributed by atoms with E-state index >= 15 is 0 Å². The highest BCUT2D eigenvalue weighted by atomic mass is 16.6. The van der Waals surface area contributed by atoms with E-state index in [0.29, 0.717) is 35.8 Å². The van der Waals surface area contributed by atoms with Gasteiger partial charge in [-0.1, -0.05) is 29.8 Å². The predicted molar refractivity (Wildman–Crippen MR) is 112 cm³/mol. The van der Waals surface area contributed by atoms with Crippen LogP contribution in [0.15, 0.2) is 53.1 Å². The average molecular weight is 408 g/mol. The molecule has 0 spiro atoms. The second kappa shape index (κ2) is 9.30. The van der Waals surface area contributed by atoms with E-state index in [0.717, 1.165) is 12.0 Å². The van der Waals surface area contributed by atoms with Crippen LogP contribution in [-0.4, -0.2) is 38.5 Å². The fraction of sp³-hybridized carbons (Fsp3) is 0.318. The minimum absolute atomic E-state index is 0.00119. The fourth-order valence-corrected chi connectivity index (χ4v) is 3.03. The molecule has 2 aromatic carbocycles. The Balaban J connectivity index is 1.71. The lowest BCUT2D eigenvalue weighted by Crippen LogP contribution is -2.39.